The fourth-order valence-electron chi connectivity index (χ4n) is 2.48. The molecule has 0 aliphatic heterocycles. The van der Waals surface area contributed by atoms with E-state index in [1.807, 2.05) is 24.3 Å². The maximum Gasteiger partial charge on any atom is 0.273 e. The van der Waals surface area contributed by atoms with Crippen molar-refractivity contribution in [2.24, 2.45) is 0 Å². The SMILES string of the molecule is Cc1c(C(=O)Nc2ncc(Cc3ccc(Br)cc3)s2)cccc1[N+](=O)[O-]. The molecule has 0 spiro atoms. The molecule has 0 atom stereocenters. The normalized spacial score (nSPS) is 10.5. The molecular weight excluding hydrogens is 418 g/mol. The quantitative estimate of drug-likeness (QED) is 0.456. The Morgan fingerprint density at radius 1 is 1.27 bits per heavy atom. The van der Waals surface area contributed by atoms with Crippen molar-refractivity contribution in [1.82, 2.24) is 4.98 Å². The number of nitro benzene ring substituents is 1. The molecule has 1 heterocycles. The van der Waals surface area contributed by atoms with E-state index in [9.17, 15) is 14.9 Å². The van der Waals surface area contributed by atoms with Gasteiger partial charge < -0.3 is 0 Å². The van der Waals surface area contributed by atoms with Crippen LogP contribution in [0, 0.1) is 17.0 Å². The summed E-state index contributed by atoms with van der Waals surface area (Å²) in [5.41, 5.74) is 1.67. The van der Waals surface area contributed by atoms with Crippen LogP contribution < -0.4 is 5.32 Å². The average Bonchev–Trinajstić information content (AvgIpc) is 3.03. The first-order valence-corrected chi connectivity index (χ1v) is 9.29. The molecule has 1 aromatic heterocycles. The van der Waals surface area contributed by atoms with Crippen molar-refractivity contribution >= 4 is 44.0 Å². The molecule has 0 aliphatic carbocycles. The third-order valence-electron chi connectivity index (χ3n) is 3.81. The third kappa shape index (κ3) is 4.14. The molecule has 26 heavy (non-hydrogen) atoms. The second-order valence-electron chi connectivity index (χ2n) is 5.60. The van der Waals surface area contributed by atoms with Crippen molar-refractivity contribution in [3.05, 3.63) is 84.8 Å². The van der Waals surface area contributed by atoms with Gasteiger partial charge in [0.25, 0.3) is 11.6 Å². The Bertz CT molecular complexity index is 970. The highest BCUT2D eigenvalue weighted by atomic mass is 79.9. The maximum absolute atomic E-state index is 12.4. The number of benzene rings is 2. The van der Waals surface area contributed by atoms with Gasteiger partial charge in [-0.2, -0.15) is 0 Å². The lowest BCUT2D eigenvalue weighted by Gasteiger charge is -2.05. The van der Waals surface area contributed by atoms with Gasteiger partial charge in [0.2, 0.25) is 0 Å². The number of aromatic nitrogens is 1. The van der Waals surface area contributed by atoms with Gasteiger partial charge in [-0.3, -0.25) is 20.2 Å². The number of hydrogen-bond donors (Lipinski definition) is 1. The zero-order valence-electron chi connectivity index (χ0n) is 13.7. The molecule has 1 N–H and O–H groups in total. The van der Waals surface area contributed by atoms with Gasteiger partial charge in [0.15, 0.2) is 5.13 Å². The van der Waals surface area contributed by atoms with Gasteiger partial charge in [0.05, 0.1) is 4.92 Å². The van der Waals surface area contributed by atoms with E-state index in [4.69, 9.17) is 0 Å². The second kappa shape index (κ2) is 7.76. The van der Waals surface area contributed by atoms with Gasteiger partial charge in [0.1, 0.15) is 0 Å². The van der Waals surface area contributed by atoms with E-state index in [2.05, 4.69) is 26.2 Å². The first-order valence-electron chi connectivity index (χ1n) is 7.68. The third-order valence-corrected chi connectivity index (χ3v) is 5.25. The summed E-state index contributed by atoms with van der Waals surface area (Å²) in [5, 5.41) is 14.2. The molecule has 1 amide bonds. The van der Waals surface area contributed by atoms with E-state index in [1.165, 1.54) is 23.5 Å². The van der Waals surface area contributed by atoms with Gasteiger partial charge in [-0.1, -0.05) is 34.1 Å². The number of nitrogens with one attached hydrogen (secondary N) is 1. The highest BCUT2D eigenvalue weighted by Gasteiger charge is 2.18. The van der Waals surface area contributed by atoms with Crippen LogP contribution in [-0.2, 0) is 6.42 Å². The average molecular weight is 432 g/mol. The first kappa shape index (κ1) is 18.2. The number of nitro groups is 1. The first-order chi connectivity index (χ1) is 12.4. The van der Waals surface area contributed by atoms with Gasteiger partial charge in [-0.15, -0.1) is 11.3 Å². The van der Waals surface area contributed by atoms with Crippen molar-refractivity contribution < 1.29 is 9.72 Å². The van der Waals surface area contributed by atoms with Crippen LogP contribution in [0.3, 0.4) is 0 Å². The fourth-order valence-corrected chi connectivity index (χ4v) is 3.59. The molecule has 132 valence electrons. The number of amides is 1. The van der Waals surface area contributed by atoms with Crippen LogP contribution in [0.5, 0.6) is 0 Å². The molecule has 8 heteroatoms. The molecule has 3 rings (SSSR count). The smallest absolute Gasteiger partial charge is 0.273 e. The van der Waals surface area contributed by atoms with Crippen molar-refractivity contribution in [3.8, 4) is 0 Å². The molecule has 0 saturated carbocycles. The Labute approximate surface area is 162 Å². The molecule has 2 aromatic carbocycles. The predicted octanol–water partition coefficient (Wildman–Crippen LogP) is 4.97. The molecule has 0 unspecified atom stereocenters. The Kier molecular flexibility index (Phi) is 5.43. The van der Waals surface area contributed by atoms with Crippen molar-refractivity contribution in [1.29, 1.82) is 0 Å². The van der Waals surface area contributed by atoms with Gasteiger partial charge in [-0.05, 0) is 30.7 Å². The Morgan fingerprint density at radius 3 is 2.69 bits per heavy atom. The van der Waals surface area contributed by atoms with E-state index >= 15 is 0 Å². The van der Waals surface area contributed by atoms with Crippen molar-refractivity contribution in [2.75, 3.05) is 5.32 Å². The minimum Gasteiger partial charge on any atom is -0.298 e. The zero-order chi connectivity index (χ0) is 18.7. The van der Waals surface area contributed by atoms with Crippen LogP contribution >= 0.6 is 27.3 Å². The molecule has 0 radical (unpaired) electrons. The number of thiazole rings is 1. The summed E-state index contributed by atoms with van der Waals surface area (Å²) in [6, 6.07) is 12.4. The van der Waals surface area contributed by atoms with Crippen LogP contribution in [0.25, 0.3) is 0 Å². The number of carbonyl (C=O) groups is 1. The highest BCUT2D eigenvalue weighted by molar-refractivity contribution is 9.10. The van der Waals surface area contributed by atoms with Gasteiger partial charge >= 0.3 is 0 Å². The zero-order valence-corrected chi connectivity index (χ0v) is 16.1. The van der Waals surface area contributed by atoms with E-state index in [0.717, 1.165) is 21.3 Å². The molecule has 0 bridgehead atoms. The van der Waals surface area contributed by atoms with Crippen LogP contribution in [0.15, 0.2) is 53.1 Å². The van der Waals surface area contributed by atoms with E-state index in [1.54, 1.807) is 19.2 Å². The van der Waals surface area contributed by atoms with Crippen molar-refractivity contribution in [2.45, 2.75) is 13.3 Å². The van der Waals surface area contributed by atoms with Gasteiger partial charge in [0, 0.05) is 39.2 Å². The summed E-state index contributed by atoms with van der Waals surface area (Å²) in [5.74, 6) is -0.407. The summed E-state index contributed by atoms with van der Waals surface area (Å²) in [4.78, 5) is 28.2. The number of nitrogens with zero attached hydrogens (tertiary/aromatic N) is 2. The summed E-state index contributed by atoms with van der Waals surface area (Å²) in [7, 11) is 0. The van der Waals surface area contributed by atoms with Gasteiger partial charge in [-0.25, -0.2) is 4.98 Å². The fraction of sp³-hybridized carbons (Fsp3) is 0.111. The lowest BCUT2D eigenvalue weighted by molar-refractivity contribution is -0.385. The number of halogens is 1. The summed E-state index contributed by atoms with van der Waals surface area (Å²) in [6.45, 7) is 1.56. The standard InChI is InChI=1S/C18H14BrN3O3S/c1-11-15(3-2-4-16(11)22(24)25)17(23)21-18-20-10-14(26-18)9-12-5-7-13(19)8-6-12/h2-8,10H,9H2,1H3,(H,20,21,23). The predicted molar refractivity (Wildman–Crippen MR) is 105 cm³/mol. The summed E-state index contributed by atoms with van der Waals surface area (Å²) >= 11 is 4.79. The summed E-state index contributed by atoms with van der Waals surface area (Å²) < 4.78 is 1.02. The number of hydrogen-bond acceptors (Lipinski definition) is 5. The Hall–Kier alpha value is -2.58. The summed E-state index contributed by atoms with van der Waals surface area (Å²) in [6.07, 6.45) is 2.44. The maximum atomic E-state index is 12.4. The van der Waals surface area contributed by atoms with Crippen LogP contribution in [0.2, 0.25) is 0 Å². The highest BCUT2D eigenvalue weighted by Crippen LogP contribution is 2.25. The van der Waals surface area contributed by atoms with E-state index in [-0.39, 0.29) is 11.3 Å². The Morgan fingerprint density at radius 2 is 2.00 bits per heavy atom. The van der Waals surface area contributed by atoms with E-state index < -0.39 is 10.8 Å². The Balaban J connectivity index is 1.73. The largest absolute Gasteiger partial charge is 0.298 e. The number of carbonyl (C=O) groups excluding carboxylic acids is 1. The van der Waals surface area contributed by atoms with Crippen LogP contribution in [0.4, 0.5) is 10.8 Å². The lowest BCUT2D eigenvalue weighted by Crippen LogP contribution is -2.13. The number of rotatable bonds is 5. The lowest BCUT2D eigenvalue weighted by atomic mass is 10.1. The molecule has 3 aromatic rings. The molecule has 0 fully saturated rings. The van der Waals surface area contributed by atoms with Crippen molar-refractivity contribution in [3.63, 3.8) is 0 Å². The second-order valence-corrected chi connectivity index (χ2v) is 7.63. The van der Waals surface area contributed by atoms with E-state index in [0.29, 0.717) is 10.7 Å². The van der Waals surface area contributed by atoms with Crippen LogP contribution in [0.1, 0.15) is 26.4 Å². The number of anilines is 1. The monoisotopic (exact) mass is 431 g/mol. The molecular formula is C18H14BrN3O3S. The molecule has 0 saturated heterocycles. The molecule has 0 aliphatic rings. The topological polar surface area (TPSA) is 85.1 Å². The van der Waals surface area contributed by atoms with Crippen LogP contribution in [-0.4, -0.2) is 15.8 Å². The minimum atomic E-state index is -0.494. The minimum absolute atomic E-state index is 0.0762. The molecule has 6 nitrogen and oxygen atoms in total.